The zero-order valence-corrected chi connectivity index (χ0v) is 12.7. The summed E-state index contributed by atoms with van der Waals surface area (Å²) in [4.78, 5) is 0.615. The van der Waals surface area contributed by atoms with Crippen LogP contribution in [0.5, 0.6) is 0 Å². The lowest BCUT2D eigenvalue weighted by Gasteiger charge is -2.16. The van der Waals surface area contributed by atoms with Crippen LogP contribution in [0.2, 0.25) is 5.02 Å². The maximum absolute atomic E-state index is 13.1. The van der Waals surface area contributed by atoms with E-state index in [2.05, 4.69) is 0 Å². The Morgan fingerprint density at radius 1 is 1.50 bits per heavy atom. The smallest absolute Gasteiger partial charge is 0.212 e. The molecule has 0 aliphatic rings. The Labute approximate surface area is 116 Å². The first kappa shape index (κ1) is 15.8. The summed E-state index contributed by atoms with van der Waals surface area (Å²) in [5.74, 6) is -0.548. The van der Waals surface area contributed by atoms with E-state index in [9.17, 15) is 8.96 Å². The van der Waals surface area contributed by atoms with Crippen LogP contribution in [0.15, 0.2) is 17.0 Å². The molecule has 7 heteroatoms. The van der Waals surface area contributed by atoms with Crippen molar-refractivity contribution in [2.24, 2.45) is 0 Å². The number of rotatable bonds is 6. The molecule has 0 spiro atoms. The van der Waals surface area contributed by atoms with Gasteiger partial charge in [0.25, 0.3) is 0 Å². The van der Waals surface area contributed by atoms with Crippen molar-refractivity contribution in [1.29, 1.82) is 0 Å². The third kappa shape index (κ3) is 4.16. The Hall–Kier alpha value is -0.220. The van der Waals surface area contributed by atoms with Gasteiger partial charge in [0, 0.05) is 11.1 Å². The van der Waals surface area contributed by atoms with Crippen LogP contribution in [0, 0.1) is 5.82 Å². The summed E-state index contributed by atoms with van der Waals surface area (Å²) in [5.41, 5.74) is 5.81. The van der Waals surface area contributed by atoms with Gasteiger partial charge in [0.05, 0.1) is 22.8 Å². The molecule has 0 heterocycles. The van der Waals surface area contributed by atoms with Crippen molar-refractivity contribution in [3.05, 3.63) is 23.0 Å². The van der Waals surface area contributed by atoms with Crippen molar-refractivity contribution in [1.82, 2.24) is 0 Å². The number of nitrogens with two attached hydrogens (primary N) is 1. The number of hydrogen-bond acceptors (Lipinski definition) is 4. The van der Waals surface area contributed by atoms with Crippen LogP contribution in [0.4, 0.5) is 10.1 Å². The standard InChI is InChI=1S/C11H16ClFNO2PS/c1-3-16-17(15,4-2)7-18-11-6-10(14)9(13)5-8(11)12/h5-6H,3-4,7,14H2,1-2H3. The maximum Gasteiger partial charge on any atom is 0.212 e. The van der Waals surface area contributed by atoms with E-state index in [0.29, 0.717) is 23.2 Å². The van der Waals surface area contributed by atoms with Gasteiger partial charge in [-0.2, -0.15) is 0 Å². The molecule has 0 aliphatic carbocycles. The number of halogens is 2. The summed E-state index contributed by atoms with van der Waals surface area (Å²) in [7, 11) is -2.64. The number of thioether (sulfide) groups is 1. The van der Waals surface area contributed by atoms with Gasteiger partial charge in [0.1, 0.15) is 5.82 Å². The minimum atomic E-state index is -2.64. The van der Waals surface area contributed by atoms with Gasteiger partial charge < -0.3 is 10.3 Å². The molecule has 102 valence electrons. The molecule has 0 aliphatic heterocycles. The van der Waals surface area contributed by atoms with Gasteiger partial charge in [-0.05, 0) is 19.1 Å². The molecule has 0 saturated carbocycles. The highest BCUT2D eigenvalue weighted by Crippen LogP contribution is 2.51. The molecule has 1 rings (SSSR count). The van der Waals surface area contributed by atoms with E-state index in [4.69, 9.17) is 21.9 Å². The summed E-state index contributed by atoms with van der Waals surface area (Å²) in [5, 5.41) is 0.269. The first-order valence-electron chi connectivity index (χ1n) is 5.51. The van der Waals surface area contributed by atoms with E-state index in [1.165, 1.54) is 17.8 Å². The molecule has 2 N–H and O–H groups in total. The molecule has 0 fully saturated rings. The van der Waals surface area contributed by atoms with Crippen LogP contribution in [0.25, 0.3) is 0 Å². The zero-order valence-electron chi connectivity index (χ0n) is 10.3. The Kier molecular flexibility index (Phi) is 5.99. The van der Waals surface area contributed by atoms with E-state index in [1.807, 2.05) is 6.92 Å². The number of benzene rings is 1. The van der Waals surface area contributed by atoms with Gasteiger partial charge in [-0.3, -0.25) is 4.57 Å². The molecule has 0 amide bonds. The molecule has 3 nitrogen and oxygen atoms in total. The van der Waals surface area contributed by atoms with E-state index in [0.717, 1.165) is 6.07 Å². The van der Waals surface area contributed by atoms with Crippen LogP contribution in [0.3, 0.4) is 0 Å². The van der Waals surface area contributed by atoms with Crippen molar-refractivity contribution in [2.75, 3.05) is 24.0 Å². The van der Waals surface area contributed by atoms with Crippen molar-refractivity contribution in [2.45, 2.75) is 18.7 Å². The summed E-state index contributed by atoms with van der Waals surface area (Å²) >= 11 is 7.18. The summed E-state index contributed by atoms with van der Waals surface area (Å²) in [6.45, 7) is 4.03. The molecule has 0 saturated heterocycles. The van der Waals surface area contributed by atoms with E-state index in [1.54, 1.807) is 6.92 Å². The largest absolute Gasteiger partial charge is 0.396 e. The van der Waals surface area contributed by atoms with Crippen LogP contribution >= 0.6 is 30.7 Å². The van der Waals surface area contributed by atoms with Gasteiger partial charge in [0.2, 0.25) is 7.37 Å². The second-order valence-electron chi connectivity index (χ2n) is 3.63. The fourth-order valence-corrected chi connectivity index (χ4v) is 5.02. The van der Waals surface area contributed by atoms with Gasteiger partial charge in [-0.15, -0.1) is 11.8 Å². The van der Waals surface area contributed by atoms with Crippen molar-refractivity contribution in [3.8, 4) is 0 Å². The fraction of sp³-hybridized carbons (Fsp3) is 0.455. The highest BCUT2D eigenvalue weighted by molar-refractivity contribution is 8.05. The molecule has 18 heavy (non-hydrogen) atoms. The number of anilines is 1. The lowest BCUT2D eigenvalue weighted by Crippen LogP contribution is -1.96. The minimum Gasteiger partial charge on any atom is -0.396 e. The highest BCUT2D eigenvalue weighted by atomic mass is 35.5. The second-order valence-corrected chi connectivity index (χ2v) is 8.31. The molecular formula is C11H16ClFNO2PS. The Balaban J connectivity index is 2.80. The third-order valence-electron chi connectivity index (χ3n) is 2.31. The fourth-order valence-electron chi connectivity index (χ4n) is 1.28. The third-order valence-corrected chi connectivity index (χ3v) is 7.17. The predicted molar refractivity (Wildman–Crippen MR) is 76.3 cm³/mol. The monoisotopic (exact) mass is 311 g/mol. The molecule has 1 unspecified atom stereocenters. The second kappa shape index (κ2) is 6.80. The first-order valence-corrected chi connectivity index (χ1v) is 8.87. The number of nitrogen functional groups attached to an aromatic ring is 1. The summed E-state index contributed by atoms with van der Waals surface area (Å²) in [6, 6.07) is 2.62. The zero-order chi connectivity index (χ0) is 13.8. The predicted octanol–water partition coefficient (Wildman–Crippen LogP) is 4.45. The van der Waals surface area contributed by atoms with Gasteiger partial charge in [-0.25, -0.2) is 4.39 Å². The maximum atomic E-state index is 13.1. The lowest BCUT2D eigenvalue weighted by atomic mass is 10.3. The molecule has 0 aromatic heterocycles. The van der Waals surface area contributed by atoms with Crippen molar-refractivity contribution >= 4 is 36.4 Å². The van der Waals surface area contributed by atoms with Crippen LogP contribution in [-0.2, 0) is 9.09 Å². The SMILES string of the molecule is CCOP(=O)(CC)CSc1cc(N)c(F)cc1Cl. The quantitative estimate of drug-likeness (QED) is 0.479. The van der Waals surface area contributed by atoms with E-state index >= 15 is 0 Å². The molecule has 0 bridgehead atoms. The van der Waals surface area contributed by atoms with Crippen LogP contribution < -0.4 is 5.73 Å². The normalized spacial score (nSPS) is 14.4. The van der Waals surface area contributed by atoms with Crippen molar-refractivity contribution < 1.29 is 13.5 Å². The van der Waals surface area contributed by atoms with Gasteiger partial charge in [0.15, 0.2) is 0 Å². The molecule has 1 aromatic carbocycles. The highest BCUT2D eigenvalue weighted by Gasteiger charge is 2.21. The van der Waals surface area contributed by atoms with Gasteiger partial charge in [-0.1, -0.05) is 18.5 Å². The summed E-state index contributed by atoms with van der Waals surface area (Å²) in [6.07, 6.45) is 0.460. The minimum absolute atomic E-state index is 0.0321. The summed E-state index contributed by atoms with van der Waals surface area (Å²) < 4.78 is 30.6. The topological polar surface area (TPSA) is 52.3 Å². The Morgan fingerprint density at radius 3 is 2.72 bits per heavy atom. The van der Waals surface area contributed by atoms with Crippen LogP contribution in [-0.4, -0.2) is 18.3 Å². The van der Waals surface area contributed by atoms with Crippen LogP contribution in [0.1, 0.15) is 13.8 Å². The average molecular weight is 312 g/mol. The molecule has 1 aromatic rings. The lowest BCUT2D eigenvalue weighted by molar-refractivity contribution is 0.337. The number of hydrogen-bond donors (Lipinski definition) is 1. The van der Waals surface area contributed by atoms with Crippen molar-refractivity contribution in [3.63, 3.8) is 0 Å². The van der Waals surface area contributed by atoms with E-state index < -0.39 is 13.2 Å². The Bertz CT molecular complexity index is 473. The van der Waals surface area contributed by atoms with E-state index in [-0.39, 0.29) is 10.7 Å². The Morgan fingerprint density at radius 2 is 2.17 bits per heavy atom. The molecular weight excluding hydrogens is 296 g/mol. The van der Waals surface area contributed by atoms with Gasteiger partial charge >= 0.3 is 0 Å². The average Bonchev–Trinajstić information content (AvgIpc) is 2.32. The first-order chi connectivity index (χ1) is 8.41. The molecule has 0 radical (unpaired) electrons. The molecule has 1 atom stereocenters.